The number of hydrogen-bond donors (Lipinski definition) is 2. The number of para-hydroxylation sites is 1. The molecule has 0 radical (unpaired) electrons. The number of aromatic nitrogens is 1. The topological polar surface area (TPSA) is 87.6 Å². The predicted molar refractivity (Wildman–Crippen MR) is 143 cm³/mol. The van der Waals surface area contributed by atoms with Crippen LogP contribution in [0.3, 0.4) is 0 Å². The van der Waals surface area contributed by atoms with Gasteiger partial charge >= 0.3 is 0 Å². The SMILES string of the molecule is CN1CCN(c2ccc(Nc3nc(N)c(C(=O)c4ccc5oc6ccccc6c5c4)s3)cc2)CC1. The van der Waals surface area contributed by atoms with E-state index in [1.807, 2.05) is 48.5 Å². The summed E-state index contributed by atoms with van der Waals surface area (Å²) in [5.41, 5.74) is 10.4. The van der Waals surface area contributed by atoms with Crippen LogP contribution < -0.4 is 16.0 Å². The number of ketones is 1. The Hall–Kier alpha value is -3.88. The maximum atomic E-state index is 13.3. The van der Waals surface area contributed by atoms with E-state index < -0.39 is 0 Å². The highest BCUT2D eigenvalue weighted by Crippen LogP contribution is 2.33. The second-order valence-electron chi connectivity index (χ2n) is 8.83. The number of fused-ring (bicyclic) bond motifs is 3. The lowest BCUT2D eigenvalue weighted by molar-refractivity contribution is 0.104. The van der Waals surface area contributed by atoms with Crippen molar-refractivity contribution in [3.8, 4) is 0 Å². The Labute approximate surface area is 206 Å². The number of likely N-dealkylation sites (N-methyl/N-ethyl adjacent to an activating group) is 1. The number of carbonyl (C=O) groups is 1. The molecule has 1 fully saturated rings. The molecule has 0 aliphatic carbocycles. The van der Waals surface area contributed by atoms with Gasteiger partial charge in [0.05, 0.1) is 0 Å². The Morgan fingerprint density at radius 1 is 0.971 bits per heavy atom. The van der Waals surface area contributed by atoms with Crippen LogP contribution in [0, 0.1) is 0 Å². The number of piperazine rings is 1. The number of furan rings is 1. The Kier molecular flexibility index (Phi) is 5.39. The fourth-order valence-electron chi connectivity index (χ4n) is 4.49. The van der Waals surface area contributed by atoms with E-state index >= 15 is 0 Å². The molecule has 0 unspecified atom stereocenters. The first-order valence-corrected chi connectivity index (χ1v) is 12.4. The molecule has 176 valence electrons. The minimum absolute atomic E-state index is 0.148. The maximum absolute atomic E-state index is 13.3. The molecule has 3 heterocycles. The first-order chi connectivity index (χ1) is 17.0. The highest BCUT2D eigenvalue weighted by molar-refractivity contribution is 7.18. The lowest BCUT2D eigenvalue weighted by Crippen LogP contribution is -2.44. The molecule has 0 saturated carbocycles. The van der Waals surface area contributed by atoms with E-state index in [1.165, 1.54) is 17.0 Å². The summed E-state index contributed by atoms with van der Waals surface area (Å²) in [6, 6.07) is 21.6. The van der Waals surface area contributed by atoms with E-state index in [4.69, 9.17) is 10.2 Å². The number of anilines is 4. The summed E-state index contributed by atoms with van der Waals surface area (Å²) >= 11 is 1.26. The van der Waals surface area contributed by atoms with Gasteiger partial charge < -0.3 is 25.3 Å². The summed E-state index contributed by atoms with van der Waals surface area (Å²) in [6.07, 6.45) is 0. The van der Waals surface area contributed by atoms with Crippen LogP contribution in [0.4, 0.5) is 22.3 Å². The van der Waals surface area contributed by atoms with Gasteiger partial charge in [-0.15, -0.1) is 0 Å². The Balaban J connectivity index is 1.21. The highest BCUT2D eigenvalue weighted by atomic mass is 32.1. The first-order valence-electron chi connectivity index (χ1n) is 11.6. The van der Waals surface area contributed by atoms with E-state index in [2.05, 4.69) is 39.3 Å². The summed E-state index contributed by atoms with van der Waals surface area (Å²) in [7, 11) is 2.15. The van der Waals surface area contributed by atoms with E-state index in [0.29, 0.717) is 15.6 Å². The molecule has 1 aliphatic heterocycles. The maximum Gasteiger partial charge on any atom is 0.206 e. The van der Waals surface area contributed by atoms with Gasteiger partial charge in [-0.3, -0.25) is 4.79 Å². The minimum atomic E-state index is -0.148. The van der Waals surface area contributed by atoms with Crippen molar-refractivity contribution in [3.63, 3.8) is 0 Å². The van der Waals surface area contributed by atoms with Crippen LogP contribution in [0.1, 0.15) is 15.2 Å². The molecule has 0 spiro atoms. The summed E-state index contributed by atoms with van der Waals surface area (Å²) in [4.78, 5) is 22.9. The highest BCUT2D eigenvalue weighted by Gasteiger charge is 2.20. The monoisotopic (exact) mass is 483 g/mol. The molecule has 0 bridgehead atoms. The zero-order valence-electron chi connectivity index (χ0n) is 19.3. The summed E-state index contributed by atoms with van der Waals surface area (Å²) in [5.74, 6) is 0.0827. The molecule has 5 aromatic rings. The molecule has 2 aromatic heterocycles. The molecular formula is C27H25N5O2S. The number of nitrogens with two attached hydrogens (primary N) is 1. The van der Waals surface area contributed by atoms with Crippen molar-refractivity contribution in [2.45, 2.75) is 0 Å². The molecule has 7 nitrogen and oxygen atoms in total. The van der Waals surface area contributed by atoms with Crippen LogP contribution >= 0.6 is 11.3 Å². The zero-order valence-corrected chi connectivity index (χ0v) is 20.1. The Bertz CT molecular complexity index is 1530. The van der Waals surface area contributed by atoms with Crippen LogP contribution in [0.2, 0.25) is 0 Å². The lowest BCUT2D eigenvalue weighted by Gasteiger charge is -2.34. The number of carbonyl (C=O) groups excluding carboxylic acids is 1. The van der Waals surface area contributed by atoms with Gasteiger partial charge in [0.2, 0.25) is 5.78 Å². The summed E-state index contributed by atoms with van der Waals surface area (Å²) in [6.45, 7) is 4.19. The van der Waals surface area contributed by atoms with Crippen molar-refractivity contribution in [1.82, 2.24) is 9.88 Å². The fraction of sp³-hybridized carbons (Fsp3) is 0.185. The quantitative estimate of drug-likeness (QED) is 0.326. The van der Waals surface area contributed by atoms with Gasteiger partial charge in [0, 0.05) is 53.9 Å². The van der Waals surface area contributed by atoms with Crippen molar-refractivity contribution < 1.29 is 9.21 Å². The second kappa shape index (κ2) is 8.72. The lowest BCUT2D eigenvalue weighted by atomic mass is 10.1. The van der Waals surface area contributed by atoms with Gasteiger partial charge in [-0.2, -0.15) is 0 Å². The zero-order chi connectivity index (χ0) is 23.9. The standard InChI is InChI=1S/C27H25N5O2S/c1-31-12-14-32(15-13-31)19-9-7-18(8-10-19)29-27-30-26(28)25(35-27)24(33)17-6-11-23-21(16-17)20-4-2-3-5-22(20)34-23/h2-11,16H,12-15,28H2,1H3,(H,29,30). The smallest absolute Gasteiger partial charge is 0.206 e. The van der Waals surface area contributed by atoms with Gasteiger partial charge in [-0.05, 0) is 55.6 Å². The van der Waals surface area contributed by atoms with E-state index in [-0.39, 0.29) is 11.6 Å². The predicted octanol–water partition coefficient (Wildman–Crippen LogP) is 5.35. The third kappa shape index (κ3) is 4.11. The summed E-state index contributed by atoms with van der Waals surface area (Å²) in [5, 5.41) is 5.78. The van der Waals surface area contributed by atoms with Crippen molar-refractivity contribution in [1.29, 1.82) is 0 Å². The molecule has 8 heteroatoms. The van der Waals surface area contributed by atoms with Crippen molar-refractivity contribution >= 4 is 61.4 Å². The van der Waals surface area contributed by atoms with Crippen LogP contribution in [-0.2, 0) is 0 Å². The number of thiazole rings is 1. The van der Waals surface area contributed by atoms with Crippen LogP contribution in [0.15, 0.2) is 71.1 Å². The molecule has 1 aliphatic rings. The number of hydrogen-bond acceptors (Lipinski definition) is 8. The average Bonchev–Trinajstić information content (AvgIpc) is 3.44. The molecule has 1 saturated heterocycles. The number of nitrogen functional groups attached to an aromatic ring is 1. The fourth-order valence-corrected chi connectivity index (χ4v) is 5.36. The normalized spacial score (nSPS) is 14.6. The number of nitrogens with zero attached hydrogens (tertiary/aromatic N) is 3. The van der Waals surface area contributed by atoms with Crippen LogP contribution in [0.5, 0.6) is 0 Å². The van der Waals surface area contributed by atoms with Crippen LogP contribution in [0.25, 0.3) is 21.9 Å². The van der Waals surface area contributed by atoms with Crippen molar-refractivity contribution in [2.75, 3.05) is 49.2 Å². The first kappa shape index (κ1) is 21.6. The van der Waals surface area contributed by atoms with Gasteiger partial charge in [-0.1, -0.05) is 29.5 Å². The third-order valence-electron chi connectivity index (χ3n) is 6.49. The molecule has 0 atom stereocenters. The second-order valence-corrected chi connectivity index (χ2v) is 9.83. The number of nitrogens with one attached hydrogen (secondary N) is 1. The summed E-state index contributed by atoms with van der Waals surface area (Å²) < 4.78 is 5.88. The molecule has 6 rings (SSSR count). The van der Waals surface area contributed by atoms with Crippen molar-refractivity contribution in [2.24, 2.45) is 0 Å². The largest absolute Gasteiger partial charge is 0.456 e. The van der Waals surface area contributed by atoms with Crippen LogP contribution in [-0.4, -0.2) is 48.9 Å². The molecule has 3 N–H and O–H groups in total. The Morgan fingerprint density at radius 2 is 1.71 bits per heavy atom. The molecular weight excluding hydrogens is 458 g/mol. The van der Waals surface area contributed by atoms with E-state index in [9.17, 15) is 4.79 Å². The van der Waals surface area contributed by atoms with E-state index in [0.717, 1.165) is 53.8 Å². The molecule has 0 amide bonds. The molecule has 35 heavy (non-hydrogen) atoms. The number of benzene rings is 3. The van der Waals surface area contributed by atoms with Gasteiger partial charge in [0.25, 0.3) is 0 Å². The Morgan fingerprint density at radius 3 is 2.51 bits per heavy atom. The van der Waals surface area contributed by atoms with Gasteiger partial charge in [-0.25, -0.2) is 4.98 Å². The minimum Gasteiger partial charge on any atom is -0.456 e. The molecule has 3 aromatic carbocycles. The third-order valence-corrected chi connectivity index (χ3v) is 7.47. The van der Waals surface area contributed by atoms with Gasteiger partial charge in [0.1, 0.15) is 21.9 Å². The van der Waals surface area contributed by atoms with E-state index in [1.54, 1.807) is 6.07 Å². The van der Waals surface area contributed by atoms with Crippen molar-refractivity contribution in [3.05, 3.63) is 77.2 Å². The number of rotatable bonds is 5. The van der Waals surface area contributed by atoms with Gasteiger partial charge in [0.15, 0.2) is 5.13 Å². The average molecular weight is 484 g/mol.